The van der Waals surface area contributed by atoms with Crippen molar-refractivity contribution in [3.8, 4) is 6.07 Å². The third-order valence-corrected chi connectivity index (χ3v) is 2.93. The molecule has 0 unspecified atom stereocenters. The van der Waals surface area contributed by atoms with Crippen LogP contribution in [0.4, 0.5) is 5.69 Å². The Bertz CT molecular complexity index is 472. The number of nitrogens with zero attached hydrogens (tertiary/aromatic N) is 1. The van der Waals surface area contributed by atoms with E-state index in [1.807, 2.05) is 0 Å². The van der Waals surface area contributed by atoms with Crippen molar-refractivity contribution >= 4 is 11.7 Å². The fourth-order valence-electron chi connectivity index (χ4n) is 1.67. The number of ether oxygens (including phenoxy) is 2. The van der Waals surface area contributed by atoms with Crippen LogP contribution in [-0.4, -0.2) is 32.8 Å². The highest BCUT2D eigenvalue weighted by Crippen LogP contribution is 2.26. The van der Waals surface area contributed by atoms with Crippen molar-refractivity contribution in [3.05, 3.63) is 29.8 Å². The van der Waals surface area contributed by atoms with E-state index < -0.39 is 5.41 Å². The molecule has 5 nitrogen and oxygen atoms in total. The number of hydrogen-bond donors (Lipinski definition) is 1. The van der Waals surface area contributed by atoms with E-state index in [1.54, 1.807) is 24.3 Å². The molecular weight excluding hydrogens is 232 g/mol. The van der Waals surface area contributed by atoms with E-state index in [0.717, 1.165) is 5.69 Å². The molecule has 0 aliphatic carbocycles. The summed E-state index contributed by atoms with van der Waals surface area (Å²) in [5.74, 6) is -0.359. The molecule has 0 spiro atoms. The molecule has 1 fully saturated rings. The molecule has 18 heavy (non-hydrogen) atoms. The first-order valence-corrected chi connectivity index (χ1v) is 5.60. The SMILES string of the molecule is COC(=O)c1ccc(NCC2(C#N)COC2)cc1. The van der Waals surface area contributed by atoms with E-state index >= 15 is 0 Å². The molecule has 0 aromatic heterocycles. The maximum Gasteiger partial charge on any atom is 0.337 e. The van der Waals surface area contributed by atoms with E-state index in [4.69, 9.17) is 10.00 Å². The highest BCUT2D eigenvalue weighted by atomic mass is 16.5. The Kier molecular flexibility index (Phi) is 3.49. The molecular formula is C13H14N2O3. The van der Waals surface area contributed by atoms with Crippen LogP contribution >= 0.6 is 0 Å². The zero-order valence-corrected chi connectivity index (χ0v) is 10.1. The Morgan fingerprint density at radius 2 is 2.17 bits per heavy atom. The zero-order chi connectivity index (χ0) is 13.0. The standard InChI is InChI=1S/C13H14N2O3/c1-17-12(16)10-2-4-11(5-3-10)15-7-13(6-14)8-18-9-13/h2-5,15H,7-9H2,1H3. The van der Waals surface area contributed by atoms with Crippen LogP contribution in [-0.2, 0) is 9.47 Å². The van der Waals surface area contributed by atoms with Gasteiger partial charge < -0.3 is 14.8 Å². The molecule has 0 amide bonds. The van der Waals surface area contributed by atoms with Gasteiger partial charge in [0.1, 0.15) is 5.41 Å². The second kappa shape index (κ2) is 5.07. The van der Waals surface area contributed by atoms with Gasteiger partial charge in [-0.15, -0.1) is 0 Å². The van der Waals surface area contributed by atoms with Crippen molar-refractivity contribution in [1.29, 1.82) is 5.26 Å². The summed E-state index contributed by atoms with van der Waals surface area (Å²) < 4.78 is 9.67. The van der Waals surface area contributed by atoms with Crippen LogP contribution in [0, 0.1) is 16.7 Å². The summed E-state index contributed by atoms with van der Waals surface area (Å²) in [6.07, 6.45) is 0. The molecule has 1 aromatic carbocycles. The van der Waals surface area contributed by atoms with E-state index in [1.165, 1.54) is 7.11 Å². The number of methoxy groups -OCH3 is 1. The van der Waals surface area contributed by atoms with Crippen molar-refractivity contribution in [2.45, 2.75) is 0 Å². The summed E-state index contributed by atoms with van der Waals surface area (Å²) in [4.78, 5) is 11.2. The number of carbonyl (C=O) groups is 1. The first kappa shape index (κ1) is 12.4. The minimum atomic E-state index is -0.416. The van der Waals surface area contributed by atoms with Crippen molar-refractivity contribution in [2.24, 2.45) is 5.41 Å². The van der Waals surface area contributed by atoms with Gasteiger partial charge in [-0.3, -0.25) is 0 Å². The van der Waals surface area contributed by atoms with Gasteiger partial charge in [-0.05, 0) is 24.3 Å². The average Bonchev–Trinajstić information content (AvgIpc) is 2.38. The number of rotatable bonds is 4. The molecule has 2 rings (SSSR count). The lowest BCUT2D eigenvalue weighted by atomic mass is 9.88. The highest BCUT2D eigenvalue weighted by Gasteiger charge is 2.38. The van der Waals surface area contributed by atoms with Gasteiger partial charge in [-0.25, -0.2) is 4.79 Å². The van der Waals surface area contributed by atoms with Gasteiger partial charge in [0.05, 0.1) is 32.0 Å². The molecule has 5 heteroatoms. The largest absolute Gasteiger partial charge is 0.465 e. The summed E-state index contributed by atoms with van der Waals surface area (Å²) in [5.41, 5.74) is 0.954. The van der Waals surface area contributed by atoms with Crippen molar-refractivity contribution in [2.75, 3.05) is 32.2 Å². The van der Waals surface area contributed by atoms with E-state index in [0.29, 0.717) is 25.3 Å². The first-order chi connectivity index (χ1) is 8.69. The van der Waals surface area contributed by atoms with E-state index in [9.17, 15) is 4.79 Å². The van der Waals surface area contributed by atoms with Crippen LogP contribution in [0.2, 0.25) is 0 Å². The fraction of sp³-hybridized carbons (Fsp3) is 0.385. The molecule has 0 atom stereocenters. The van der Waals surface area contributed by atoms with Crippen LogP contribution < -0.4 is 5.32 Å². The normalized spacial score (nSPS) is 16.2. The van der Waals surface area contributed by atoms with Gasteiger partial charge >= 0.3 is 5.97 Å². The number of anilines is 1. The Morgan fingerprint density at radius 3 is 2.61 bits per heavy atom. The van der Waals surface area contributed by atoms with Crippen LogP contribution in [0.15, 0.2) is 24.3 Å². The summed E-state index contributed by atoms with van der Waals surface area (Å²) in [6.45, 7) is 1.48. The summed E-state index contributed by atoms with van der Waals surface area (Å²) in [6, 6.07) is 9.21. The fourth-order valence-corrected chi connectivity index (χ4v) is 1.67. The minimum Gasteiger partial charge on any atom is -0.465 e. The average molecular weight is 246 g/mol. The zero-order valence-electron chi connectivity index (χ0n) is 10.1. The number of nitriles is 1. The van der Waals surface area contributed by atoms with E-state index in [-0.39, 0.29) is 5.97 Å². The molecule has 1 aliphatic rings. The molecule has 0 radical (unpaired) electrons. The molecule has 1 aliphatic heterocycles. The Morgan fingerprint density at radius 1 is 1.50 bits per heavy atom. The highest BCUT2D eigenvalue weighted by molar-refractivity contribution is 5.89. The quantitative estimate of drug-likeness (QED) is 0.813. The third kappa shape index (κ3) is 2.44. The topological polar surface area (TPSA) is 71.3 Å². The lowest BCUT2D eigenvalue weighted by molar-refractivity contribution is -0.0690. The van der Waals surface area contributed by atoms with Crippen molar-refractivity contribution in [3.63, 3.8) is 0 Å². The minimum absolute atomic E-state index is 0.359. The van der Waals surface area contributed by atoms with Crippen LogP contribution in [0.1, 0.15) is 10.4 Å². The third-order valence-electron chi connectivity index (χ3n) is 2.93. The van der Waals surface area contributed by atoms with Gasteiger partial charge in [0, 0.05) is 12.2 Å². The maximum atomic E-state index is 11.2. The van der Waals surface area contributed by atoms with Crippen LogP contribution in [0.5, 0.6) is 0 Å². The van der Waals surface area contributed by atoms with Gasteiger partial charge in [0.25, 0.3) is 0 Å². The second-order valence-corrected chi connectivity index (χ2v) is 4.31. The predicted octanol–water partition coefficient (Wildman–Crippen LogP) is 1.43. The Hall–Kier alpha value is -2.06. The van der Waals surface area contributed by atoms with Crippen molar-refractivity contribution < 1.29 is 14.3 Å². The number of hydrogen-bond acceptors (Lipinski definition) is 5. The predicted molar refractivity (Wildman–Crippen MR) is 65.1 cm³/mol. The van der Waals surface area contributed by atoms with E-state index in [2.05, 4.69) is 16.1 Å². The van der Waals surface area contributed by atoms with Gasteiger partial charge in [0.15, 0.2) is 0 Å². The second-order valence-electron chi connectivity index (χ2n) is 4.31. The Labute approximate surface area is 105 Å². The smallest absolute Gasteiger partial charge is 0.337 e. The number of nitrogens with one attached hydrogen (secondary N) is 1. The summed E-state index contributed by atoms with van der Waals surface area (Å²) in [5, 5.41) is 12.2. The monoisotopic (exact) mass is 246 g/mol. The van der Waals surface area contributed by atoms with Crippen molar-refractivity contribution in [1.82, 2.24) is 0 Å². The number of benzene rings is 1. The molecule has 0 bridgehead atoms. The molecule has 0 saturated carbocycles. The molecule has 1 N–H and O–H groups in total. The number of esters is 1. The lowest BCUT2D eigenvalue weighted by Gasteiger charge is -2.35. The Balaban J connectivity index is 1.95. The van der Waals surface area contributed by atoms with Crippen LogP contribution in [0.3, 0.4) is 0 Å². The molecule has 94 valence electrons. The van der Waals surface area contributed by atoms with Crippen LogP contribution in [0.25, 0.3) is 0 Å². The maximum absolute atomic E-state index is 11.2. The van der Waals surface area contributed by atoms with Gasteiger partial charge in [0.2, 0.25) is 0 Å². The summed E-state index contributed by atoms with van der Waals surface area (Å²) >= 11 is 0. The molecule has 1 aromatic rings. The lowest BCUT2D eigenvalue weighted by Crippen LogP contribution is -2.46. The number of carbonyl (C=O) groups excluding carboxylic acids is 1. The summed E-state index contributed by atoms with van der Waals surface area (Å²) in [7, 11) is 1.35. The van der Waals surface area contributed by atoms with Gasteiger partial charge in [-0.2, -0.15) is 5.26 Å². The first-order valence-electron chi connectivity index (χ1n) is 5.60. The molecule has 1 heterocycles. The molecule has 1 saturated heterocycles. The van der Waals surface area contributed by atoms with Gasteiger partial charge in [-0.1, -0.05) is 0 Å².